The summed E-state index contributed by atoms with van der Waals surface area (Å²) in [5.74, 6) is -2.25. The van der Waals surface area contributed by atoms with Crippen LogP contribution in [0.25, 0.3) is 0 Å². The molecule has 0 saturated carbocycles. The molecule has 0 aliphatic heterocycles. The molecular weight excluding hydrogens is 290 g/mol. The Morgan fingerprint density at radius 2 is 1.75 bits per heavy atom. The van der Waals surface area contributed by atoms with Gasteiger partial charge in [0.1, 0.15) is 19.3 Å². The Labute approximate surface area is 118 Å². The number of rotatable bonds is 7. The van der Waals surface area contributed by atoms with Crippen molar-refractivity contribution >= 4 is 27.6 Å². The molecule has 0 aromatic heterocycles. The van der Waals surface area contributed by atoms with Crippen molar-refractivity contribution in [3.8, 4) is 0 Å². The van der Waals surface area contributed by atoms with Gasteiger partial charge in [0.2, 0.25) is 11.5 Å². The molecule has 0 radical (unpaired) electrons. The van der Waals surface area contributed by atoms with Crippen LogP contribution in [0.5, 0.6) is 0 Å². The Morgan fingerprint density at radius 3 is 2.15 bits per heavy atom. The van der Waals surface area contributed by atoms with Gasteiger partial charge in [0.05, 0.1) is 5.75 Å². The standard InChI is InChI=1S/C11H19NO7S/c1-6-20(15,16)18-7-8(13)9(12-17-5)10(14)19-11(2,3)4/h6-7H2,1-5H3/b12-9-. The van der Waals surface area contributed by atoms with Crippen LogP contribution in [-0.4, -0.2) is 51.0 Å². The molecule has 9 heteroatoms. The van der Waals surface area contributed by atoms with Gasteiger partial charge in [-0.25, -0.2) is 4.79 Å². The number of ketones is 1. The molecule has 0 unspecified atom stereocenters. The van der Waals surface area contributed by atoms with E-state index in [1.807, 2.05) is 0 Å². The number of esters is 1. The van der Waals surface area contributed by atoms with E-state index in [9.17, 15) is 18.0 Å². The zero-order valence-corrected chi connectivity index (χ0v) is 12.9. The van der Waals surface area contributed by atoms with Gasteiger partial charge in [-0.1, -0.05) is 5.16 Å². The molecule has 8 nitrogen and oxygen atoms in total. The van der Waals surface area contributed by atoms with Crippen LogP contribution in [0.1, 0.15) is 27.7 Å². The fourth-order valence-corrected chi connectivity index (χ4v) is 1.37. The highest BCUT2D eigenvalue weighted by atomic mass is 32.2. The summed E-state index contributed by atoms with van der Waals surface area (Å²) in [5.41, 5.74) is -1.49. The average molecular weight is 309 g/mol. The van der Waals surface area contributed by atoms with Gasteiger partial charge in [0, 0.05) is 0 Å². The number of oxime groups is 1. The summed E-state index contributed by atoms with van der Waals surface area (Å²) in [7, 11) is -2.65. The normalized spacial score (nSPS) is 12.9. The van der Waals surface area contributed by atoms with Crippen LogP contribution in [0.3, 0.4) is 0 Å². The fraction of sp³-hybridized carbons (Fsp3) is 0.727. The molecule has 20 heavy (non-hydrogen) atoms. The third-order valence-corrected chi connectivity index (χ3v) is 2.95. The minimum absolute atomic E-state index is 0.288. The lowest BCUT2D eigenvalue weighted by atomic mass is 10.2. The highest BCUT2D eigenvalue weighted by Crippen LogP contribution is 2.08. The van der Waals surface area contributed by atoms with E-state index in [1.54, 1.807) is 20.8 Å². The Kier molecular flexibility index (Phi) is 6.80. The molecule has 0 atom stereocenters. The van der Waals surface area contributed by atoms with Gasteiger partial charge >= 0.3 is 5.97 Å². The zero-order valence-electron chi connectivity index (χ0n) is 12.1. The maximum absolute atomic E-state index is 11.7. The molecule has 0 bridgehead atoms. The van der Waals surface area contributed by atoms with E-state index >= 15 is 0 Å². The number of ether oxygens (including phenoxy) is 1. The summed E-state index contributed by atoms with van der Waals surface area (Å²) in [4.78, 5) is 27.8. The lowest BCUT2D eigenvalue weighted by molar-refractivity contribution is -0.146. The SMILES string of the molecule is CCS(=O)(=O)OCC(=O)/C(=N/OC)C(=O)OC(C)(C)C. The molecule has 0 rings (SSSR count). The lowest BCUT2D eigenvalue weighted by Crippen LogP contribution is -2.35. The summed E-state index contributed by atoms with van der Waals surface area (Å²) in [6, 6.07) is 0. The molecule has 0 aromatic rings. The molecule has 0 fully saturated rings. The smallest absolute Gasteiger partial charge is 0.364 e. The summed E-state index contributed by atoms with van der Waals surface area (Å²) < 4.78 is 31.6. The average Bonchev–Trinajstić information content (AvgIpc) is 2.31. The highest BCUT2D eigenvalue weighted by Gasteiger charge is 2.28. The number of Topliss-reactive ketones (excluding diaryl/α,β-unsaturated/α-hetero) is 1. The Hall–Kier alpha value is -1.48. The number of nitrogens with zero attached hydrogens (tertiary/aromatic N) is 1. The molecule has 0 N–H and O–H groups in total. The quantitative estimate of drug-likeness (QED) is 0.218. The topological polar surface area (TPSA) is 108 Å². The van der Waals surface area contributed by atoms with E-state index in [2.05, 4.69) is 14.2 Å². The van der Waals surface area contributed by atoms with Crippen LogP contribution in [0.15, 0.2) is 5.16 Å². The van der Waals surface area contributed by atoms with Gasteiger partial charge < -0.3 is 9.57 Å². The van der Waals surface area contributed by atoms with Crippen LogP contribution in [0, 0.1) is 0 Å². The van der Waals surface area contributed by atoms with Crippen molar-refractivity contribution in [3.63, 3.8) is 0 Å². The minimum atomic E-state index is -3.79. The summed E-state index contributed by atoms with van der Waals surface area (Å²) in [5, 5.41) is 3.25. The predicted octanol–water partition coefficient (Wildman–Crippen LogP) is 0.266. The molecule has 0 amide bonds. The van der Waals surface area contributed by atoms with Crippen molar-refractivity contribution < 1.29 is 31.8 Å². The third-order valence-electron chi connectivity index (χ3n) is 1.76. The second kappa shape index (κ2) is 7.34. The molecule has 116 valence electrons. The zero-order chi connectivity index (χ0) is 16.0. The molecule has 0 spiro atoms. The van der Waals surface area contributed by atoms with Crippen LogP contribution >= 0.6 is 0 Å². The molecule has 0 aromatic carbocycles. The van der Waals surface area contributed by atoms with E-state index in [1.165, 1.54) is 6.92 Å². The Bertz CT molecular complexity index is 487. The van der Waals surface area contributed by atoms with Gasteiger partial charge in [-0.3, -0.25) is 8.98 Å². The van der Waals surface area contributed by atoms with Crippen LogP contribution in [-0.2, 0) is 33.5 Å². The maximum atomic E-state index is 11.7. The van der Waals surface area contributed by atoms with Gasteiger partial charge in [-0.2, -0.15) is 8.42 Å². The molecule has 0 aliphatic carbocycles. The number of hydrogen-bond donors (Lipinski definition) is 0. The van der Waals surface area contributed by atoms with Crippen LogP contribution < -0.4 is 0 Å². The Balaban J connectivity index is 4.90. The Morgan fingerprint density at radius 1 is 1.20 bits per heavy atom. The third kappa shape index (κ3) is 7.19. The van der Waals surface area contributed by atoms with Crippen molar-refractivity contribution in [2.75, 3.05) is 19.5 Å². The molecular formula is C11H19NO7S. The highest BCUT2D eigenvalue weighted by molar-refractivity contribution is 7.86. The van der Waals surface area contributed by atoms with Gasteiger partial charge in [0.25, 0.3) is 10.1 Å². The van der Waals surface area contributed by atoms with E-state index < -0.39 is 39.8 Å². The molecule has 0 aliphatic rings. The fourth-order valence-electron chi connectivity index (χ4n) is 0.915. The summed E-state index contributed by atoms with van der Waals surface area (Å²) in [6.45, 7) is 5.35. The van der Waals surface area contributed by atoms with E-state index in [0.717, 1.165) is 7.11 Å². The van der Waals surface area contributed by atoms with E-state index in [-0.39, 0.29) is 5.75 Å². The number of carbonyl (C=O) groups is 2. The monoisotopic (exact) mass is 309 g/mol. The largest absolute Gasteiger partial charge is 0.455 e. The van der Waals surface area contributed by atoms with E-state index in [0.29, 0.717) is 0 Å². The summed E-state index contributed by atoms with van der Waals surface area (Å²) in [6.07, 6.45) is 0. The number of hydrogen-bond acceptors (Lipinski definition) is 8. The van der Waals surface area contributed by atoms with Crippen LogP contribution in [0.4, 0.5) is 0 Å². The molecule has 0 saturated heterocycles. The number of carbonyl (C=O) groups excluding carboxylic acids is 2. The van der Waals surface area contributed by atoms with Crippen LogP contribution in [0.2, 0.25) is 0 Å². The van der Waals surface area contributed by atoms with Gasteiger partial charge in [-0.15, -0.1) is 0 Å². The minimum Gasteiger partial charge on any atom is -0.455 e. The van der Waals surface area contributed by atoms with Crippen molar-refractivity contribution in [2.45, 2.75) is 33.3 Å². The second-order valence-corrected chi connectivity index (χ2v) is 6.58. The summed E-state index contributed by atoms with van der Waals surface area (Å²) >= 11 is 0. The first kappa shape index (κ1) is 18.5. The van der Waals surface area contributed by atoms with Gasteiger partial charge in [-0.05, 0) is 27.7 Å². The predicted molar refractivity (Wildman–Crippen MR) is 70.7 cm³/mol. The van der Waals surface area contributed by atoms with E-state index in [4.69, 9.17) is 4.74 Å². The first-order valence-electron chi connectivity index (χ1n) is 5.77. The van der Waals surface area contributed by atoms with Crippen molar-refractivity contribution in [1.82, 2.24) is 0 Å². The molecule has 0 heterocycles. The van der Waals surface area contributed by atoms with Gasteiger partial charge in [0.15, 0.2) is 0 Å². The lowest BCUT2D eigenvalue weighted by Gasteiger charge is -2.19. The second-order valence-electron chi connectivity index (χ2n) is 4.66. The van der Waals surface area contributed by atoms with Crippen molar-refractivity contribution in [2.24, 2.45) is 5.16 Å². The van der Waals surface area contributed by atoms with Crippen molar-refractivity contribution in [3.05, 3.63) is 0 Å². The van der Waals surface area contributed by atoms with Crippen molar-refractivity contribution in [1.29, 1.82) is 0 Å². The first-order chi connectivity index (χ1) is 9.02. The maximum Gasteiger partial charge on any atom is 0.364 e. The first-order valence-corrected chi connectivity index (χ1v) is 7.35.